The molecule has 0 N–H and O–H groups in total. The Kier molecular flexibility index (Phi) is 5.22. The van der Waals surface area contributed by atoms with Crippen molar-refractivity contribution in [2.75, 3.05) is 0 Å². The molecule has 0 atom stereocenters. The van der Waals surface area contributed by atoms with Gasteiger partial charge in [-0.2, -0.15) is 0 Å². The first kappa shape index (κ1) is 15.5. The molecule has 0 saturated carbocycles. The molecule has 0 aromatic heterocycles. The summed E-state index contributed by atoms with van der Waals surface area (Å²) in [7, 11) is 0. The molecule has 23 heavy (non-hydrogen) atoms. The summed E-state index contributed by atoms with van der Waals surface area (Å²) in [6.07, 6.45) is 2.87. The minimum Gasteiger partial charge on any atom is -0.390 e. The van der Waals surface area contributed by atoms with Gasteiger partial charge in [0.25, 0.3) is 0 Å². The zero-order valence-corrected chi connectivity index (χ0v) is 14.0. The van der Waals surface area contributed by atoms with E-state index in [4.69, 9.17) is 4.84 Å². The van der Waals surface area contributed by atoms with Crippen LogP contribution in [-0.2, 0) is 11.4 Å². The second kappa shape index (κ2) is 7.75. The average Bonchev–Trinajstić information content (AvgIpc) is 2.60. The molecule has 2 nitrogen and oxygen atoms in total. The normalized spacial score (nSPS) is 10.8. The van der Waals surface area contributed by atoms with Crippen molar-refractivity contribution in [3.63, 3.8) is 0 Å². The van der Waals surface area contributed by atoms with Crippen molar-refractivity contribution < 1.29 is 4.84 Å². The van der Waals surface area contributed by atoms with E-state index in [-0.39, 0.29) is 0 Å². The van der Waals surface area contributed by atoms with E-state index in [2.05, 4.69) is 51.6 Å². The molecule has 113 valence electrons. The molecule has 0 saturated heterocycles. The van der Waals surface area contributed by atoms with Crippen molar-refractivity contribution in [3.05, 3.63) is 94.5 Å². The Bertz CT molecular complexity index is 800. The van der Waals surface area contributed by atoms with E-state index in [0.717, 1.165) is 15.6 Å². The predicted octanol–water partition coefficient (Wildman–Crippen LogP) is 5.54. The fourth-order valence-corrected chi connectivity index (χ4v) is 2.62. The van der Waals surface area contributed by atoms with Crippen LogP contribution in [0.1, 0.15) is 11.1 Å². The number of hydrogen-bond acceptors (Lipinski definition) is 2. The van der Waals surface area contributed by atoms with Crippen LogP contribution in [0.25, 0.3) is 11.1 Å². The van der Waals surface area contributed by atoms with Gasteiger partial charge in [0, 0.05) is 10.0 Å². The third-order valence-electron chi connectivity index (χ3n) is 3.33. The monoisotopic (exact) mass is 364 g/mol. The number of halogens is 1. The van der Waals surface area contributed by atoms with Crippen molar-refractivity contribution >= 4 is 22.1 Å². The zero-order chi connectivity index (χ0) is 15.9. The highest BCUT2D eigenvalue weighted by Gasteiger charge is 1.99. The number of benzene rings is 3. The minimum absolute atomic E-state index is 0.418. The van der Waals surface area contributed by atoms with E-state index in [9.17, 15) is 0 Å². The summed E-state index contributed by atoms with van der Waals surface area (Å²) >= 11 is 3.42. The third kappa shape index (κ3) is 4.54. The van der Waals surface area contributed by atoms with Crippen LogP contribution in [0.5, 0.6) is 0 Å². The Labute approximate surface area is 144 Å². The van der Waals surface area contributed by atoms with Crippen LogP contribution >= 0.6 is 15.9 Å². The lowest BCUT2D eigenvalue weighted by Gasteiger charge is -2.04. The third-order valence-corrected chi connectivity index (χ3v) is 3.82. The maximum atomic E-state index is 5.35. The maximum absolute atomic E-state index is 5.35. The van der Waals surface area contributed by atoms with Gasteiger partial charge >= 0.3 is 0 Å². The zero-order valence-electron chi connectivity index (χ0n) is 12.4. The van der Waals surface area contributed by atoms with Gasteiger partial charge in [-0.25, -0.2) is 0 Å². The fourth-order valence-electron chi connectivity index (χ4n) is 2.22. The van der Waals surface area contributed by atoms with E-state index in [0.29, 0.717) is 6.61 Å². The van der Waals surface area contributed by atoms with Crippen LogP contribution in [0.2, 0.25) is 0 Å². The summed E-state index contributed by atoms with van der Waals surface area (Å²) in [6.45, 7) is 0.418. The quantitative estimate of drug-likeness (QED) is 0.430. The first-order valence-electron chi connectivity index (χ1n) is 7.29. The standard InChI is InChI=1S/C20H15BrNO/c21-20-11-5-6-16(13-20)14-22-23-15-17-7-4-10-19(12-17)18-8-2-1-3-9-18/h1-13H,15H2. The maximum Gasteiger partial charge on any atom is 0.142 e. The lowest BCUT2D eigenvalue weighted by Crippen LogP contribution is -1.89. The van der Waals surface area contributed by atoms with Gasteiger partial charge < -0.3 is 4.84 Å². The fraction of sp³-hybridized carbons (Fsp3) is 0.0500. The molecule has 1 radical (unpaired) electrons. The first-order chi connectivity index (χ1) is 11.3. The van der Waals surface area contributed by atoms with E-state index < -0.39 is 0 Å². The summed E-state index contributed by atoms with van der Waals surface area (Å²) in [4.78, 5) is 5.35. The van der Waals surface area contributed by atoms with Crippen molar-refractivity contribution in [1.29, 1.82) is 0 Å². The Morgan fingerprint density at radius 1 is 0.826 bits per heavy atom. The Hall–Kier alpha value is -2.39. The smallest absolute Gasteiger partial charge is 0.142 e. The second-order valence-electron chi connectivity index (χ2n) is 5.05. The number of nitrogens with zero attached hydrogens (tertiary/aromatic N) is 1. The summed E-state index contributed by atoms with van der Waals surface area (Å²) in [6, 6.07) is 26.3. The molecule has 0 unspecified atom stereocenters. The summed E-state index contributed by atoms with van der Waals surface area (Å²) in [5.74, 6) is 0. The van der Waals surface area contributed by atoms with Crippen LogP contribution in [0.4, 0.5) is 0 Å². The first-order valence-corrected chi connectivity index (χ1v) is 8.08. The molecule has 0 spiro atoms. The molecular weight excluding hydrogens is 350 g/mol. The molecule has 3 rings (SSSR count). The number of rotatable bonds is 5. The minimum atomic E-state index is 0.418. The van der Waals surface area contributed by atoms with Gasteiger partial charge in [-0.05, 0) is 34.9 Å². The SMILES string of the molecule is Brc1cccc(/[C]=N\OCc2cccc(-c3ccccc3)c2)c1. The molecule has 0 heterocycles. The van der Waals surface area contributed by atoms with Crippen LogP contribution in [0.15, 0.2) is 88.5 Å². The molecule has 0 amide bonds. The summed E-state index contributed by atoms with van der Waals surface area (Å²) in [5.41, 5.74) is 4.31. The van der Waals surface area contributed by atoms with Gasteiger partial charge in [0.15, 0.2) is 0 Å². The van der Waals surface area contributed by atoms with E-state index in [1.165, 1.54) is 11.1 Å². The molecule has 3 aromatic carbocycles. The van der Waals surface area contributed by atoms with E-state index >= 15 is 0 Å². The van der Waals surface area contributed by atoms with Crippen LogP contribution in [0.3, 0.4) is 0 Å². The molecule has 3 heteroatoms. The Morgan fingerprint density at radius 2 is 1.61 bits per heavy atom. The highest BCUT2D eigenvalue weighted by atomic mass is 79.9. The van der Waals surface area contributed by atoms with Gasteiger partial charge in [-0.3, -0.25) is 0 Å². The average molecular weight is 365 g/mol. The van der Waals surface area contributed by atoms with Crippen LogP contribution in [0, 0.1) is 0 Å². The van der Waals surface area contributed by atoms with Gasteiger partial charge in [-0.15, -0.1) is 0 Å². The van der Waals surface area contributed by atoms with Crippen molar-refractivity contribution in [2.24, 2.45) is 5.16 Å². The molecule has 3 aromatic rings. The van der Waals surface area contributed by atoms with Crippen molar-refractivity contribution in [1.82, 2.24) is 0 Å². The lowest BCUT2D eigenvalue weighted by molar-refractivity contribution is 0.132. The van der Waals surface area contributed by atoms with Crippen LogP contribution < -0.4 is 0 Å². The van der Waals surface area contributed by atoms with Gasteiger partial charge in [-0.1, -0.05) is 81.7 Å². The summed E-state index contributed by atoms with van der Waals surface area (Å²) in [5, 5.41) is 3.91. The van der Waals surface area contributed by atoms with Gasteiger partial charge in [0.1, 0.15) is 12.8 Å². The van der Waals surface area contributed by atoms with Crippen LogP contribution in [-0.4, -0.2) is 6.21 Å². The highest BCUT2D eigenvalue weighted by molar-refractivity contribution is 9.10. The van der Waals surface area contributed by atoms with Gasteiger partial charge in [0.05, 0.1) is 0 Å². The molecule has 0 aliphatic heterocycles. The summed E-state index contributed by atoms with van der Waals surface area (Å²) < 4.78 is 0.994. The molecular formula is C20H15BrNO. The van der Waals surface area contributed by atoms with E-state index in [1.807, 2.05) is 54.6 Å². The Morgan fingerprint density at radius 3 is 2.43 bits per heavy atom. The Balaban J connectivity index is 1.63. The molecule has 0 bridgehead atoms. The van der Waals surface area contributed by atoms with E-state index in [1.54, 1.807) is 0 Å². The van der Waals surface area contributed by atoms with Crippen molar-refractivity contribution in [3.8, 4) is 11.1 Å². The largest absolute Gasteiger partial charge is 0.390 e. The topological polar surface area (TPSA) is 21.6 Å². The second-order valence-corrected chi connectivity index (χ2v) is 5.97. The molecule has 0 fully saturated rings. The predicted molar refractivity (Wildman–Crippen MR) is 97.3 cm³/mol. The highest BCUT2D eigenvalue weighted by Crippen LogP contribution is 2.20. The van der Waals surface area contributed by atoms with Crippen molar-refractivity contribution in [2.45, 2.75) is 6.61 Å². The van der Waals surface area contributed by atoms with Gasteiger partial charge in [0.2, 0.25) is 0 Å². The molecule has 0 aliphatic carbocycles. The number of hydrogen-bond donors (Lipinski definition) is 0. The lowest BCUT2D eigenvalue weighted by atomic mass is 10.0. The molecule has 0 aliphatic rings.